The Labute approximate surface area is 302 Å². The zero-order chi connectivity index (χ0) is 38.1. The molecule has 288 valence electrons. The average Bonchev–Trinajstić information content (AvgIpc) is 3.53. The quantitative estimate of drug-likeness (QED) is 0.219. The van der Waals surface area contributed by atoms with Gasteiger partial charge in [0.15, 0.2) is 5.82 Å². The summed E-state index contributed by atoms with van der Waals surface area (Å²) < 4.78 is 84.7. The van der Waals surface area contributed by atoms with E-state index < -0.39 is 64.8 Å². The van der Waals surface area contributed by atoms with E-state index in [1.165, 1.54) is 9.58 Å². The number of nitrogens with two attached hydrogens (primary N) is 1. The van der Waals surface area contributed by atoms with Crippen LogP contribution in [0.25, 0.3) is 11.4 Å². The van der Waals surface area contributed by atoms with Crippen molar-refractivity contribution in [2.24, 2.45) is 11.8 Å². The van der Waals surface area contributed by atoms with Gasteiger partial charge in [0.1, 0.15) is 6.04 Å². The van der Waals surface area contributed by atoms with Crippen molar-refractivity contribution in [3.8, 4) is 11.4 Å². The van der Waals surface area contributed by atoms with Crippen LogP contribution < -0.4 is 16.7 Å². The summed E-state index contributed by atoms with van der Waals surface area (Å²) in [6.07, 6.45) is -6.79. The zero-order valence-corrected chi connectivity index (χ0v) is 29.3. The molecule has 3 fully saturated rings. The molecule has 0 bridgehead atoms. The second-order valence-electron chi connectivity index (χ2n) is 14.4. The predicted molar refractivity (Wildman–Crippen MR) is 185 cm³/mol. The highest BCUT2D eigenvalue weighted by atomic mass is 19.4. The lowest BCUT2D eigenvalue weighted by molar-refractivity contribution is -0.141. The van der Waals surface area contributed by atoms with Crippen molar-refractivity contribution in [1.29, 1.82) is 0 Å². The molecule has 3 amide bonds. The van der Waals surface area contributed by atoms with Crippen LogP contribution in [0.15, 0.2) is 47.3 Å². The Morgan fingerprint density at radius 3 is 1.92 bits per heavy atom. The summed E-state index contributed by atoms with van der Waals surface area (Å²) in [6.45, 7) is 3.03. The van der Waals surface area contributed by atoms with Gasteiger partial charge < -0.3 is 25.8 Å². The molecule has 3 saturated heterocycles. The lowest BCUT2D eigenvalue weighted by Gasteiger charge is -2.40. The molecule has 17 heteroatoms. The maximum absolute atomic E-state index is 14.0. The number of halogens is 6. The number of benzene rings is 2. The van der Waals surface area contributed by atoms with Gasteiger partial charge in [0, 0.05) is 38.2 Å². The number of nitrogens with zero attached hydrogens (tertiary/aromatic N) is 5. The first-order chi connectivity index (χ1) is 25.1. The maximum Gasteiger partial charge on any atom is 0.418 e. The van der Waals surface area contributed by atoms with E-state index in [0.29, 0.717) is 68.6 Å². The van der Waals surface area contributed by atoms with Crippen LogP contribution in [0, 0.1) is 11.8 Å². The first-order valence-corrected chi connectivity index (χ1v) is 17.9. The maximum atomic E-state index is 14.0. The van der Waals surface area contributed by atoms with Gasteiger partial charge in [-0.3, -0.25) is 9.78 Å². The van der Waals surface area contributed by atoms with E-state index in [0.717, 1.165) is 31.5 Å². The van der Waals surface area contributed by atoms with Crippen LogP contribution in [-0.2, 0) is 23.6 Å². The third kappa shape index (κ3) is 8.82. The SMILES string of the molecule is CN1CCC(C2CCN(C(=O)[C@@H](Cc3cc(C(F)(F)F)c(N)c(C(F)(F)F)c3)NC(=O)N3CCC(n4nc(-c5ccccc5)[nH]c4=O)CC3)CC2)CC1. The highest BCUT2D eigenvalue weighted by molar-refractivity contribution is 5.87. The minimum atomic E-state index is -5.19. The minimum absolute atomic E-state index is 0.164. The second kappa shape index (κ2) is 15.4. The molecule has 3 aliphatic rings. The number of urea groups is 1. The number of H-pyrrole nitrogens is 1. The highest BCUT2D eigenvalue weighted by Gasteiger charge is 2.42. The predicted octanol–water partition coefficient (Wildman–Crippen LogP) is 5.40. The van der Waals surface area contributed by atoms with Crippen molar-refractivity contribution < 1.29 is 35.9 Å². The molecule has 0 unspecified atom stereocenters. The van der Waals surface area contributed by atoms with Crippen molar-refractivity contribution in [2.75, 3.05) is 52.0 Å². The van der Waals surface area contributed by atoms with Crippen LogP contribution in [0.1, 0.15) is 61.3 Å². The van der Waals surface area contributed by atoms with Gasteiger partial charge in [-0.25, -0.2) is 14.3 Å². The summed E-state index contributed by atoms with van der Waals surface area (Å²) in [7, 11) is 2.08. The Hall–Kier alpha value is -4.54. The molecule has 0 spiro atoms. The highest BCUT2D eigenvalue weighted by Crippen LogP contribution is 2.42. The molecule has 0 aliphatic carbocycles. The number of likely N-dealkylation sites (tertiary alicyclic amines) is 3. The summed E-state index contributed by atoms with van der Waals surface area (Å²) in [5.74, 6) is 0.734. The molecule has 2 aromatic carbocycles. The van der Waals surface area contributed by atoms with Crippen LogP contribution in [0.4, 0.5) is 36.8 Å². The fourth-order valence-corrected chi connectivity index (χ4v) is 7.91. The van der Waals surface area contributed by atoms with E-state index in [2.05, 4.69) is 27.3 Å². The molecule has 1 aromatic heterocycles. The summed E-state index contributed by atoms with van der Waals surface area (Å²) in [4.78, 5) is 48.4. The van der Waals surface area contributed by atoms with Crippen molar-refractivity contribution in [3.63, 3.8) is 0 Å². The standard InChI is InChI=1S/C36H44F6N8O3/c1-47-13-7-23(8-14-47)24-9-15-48(16-10-24)32(51)29(21-22-19-27(35(37,38)39)30(43)28(20-22)36(40,41)42)44-33(52)49-17-11-26(12-18-49)50-34(53)45-31(46-50)25-5-3-2-4-6-25/h2-6,19-20,23-24,26,29H,7-18,21,43H2,1H3,(H,44,52)(H,45,46,53)/t29-/m1/s1. The Morgan fingerprint density at radius 2 is 1.38 bits per heavy atom. The van der Waals surface area contributed by atoms with Gasteiger partial charge in [-0.1, -0.05) is 30.3 Å². The largest absolute Gasteiger partial charge is 0.418 e. The van der Waals surface area contributed by atoms with E-state index in [-0.39, 0.29) is 19.1 Å². The number of aromatic nitrogens is 3. The van der Waals surface area contributed by atoms with Gasteiger partial charge in [0.2, 0.25) is 5.91 Å². The molecule has 4 N–H and O–H groups in total. The van der Waals surface area contributed by atoms with E-state index in [1.807, 2.05) is 30.3 Å². The molecule has 6 rings (SSSR count). The first-order valence-electron chi connectivity index (χ1n) is 17.9. The lowest BCUT2D eigenvalue weighted by atomic mass is 9.79. The number of aromatic amines is 1. The third-order valence-electron chi connectivity index (χ3n) is 11.0. The van der Waals surface area contributed by atoms with Crippen molar-refractivity contribution in [3.05, 3.63) is 69.6 Å². The van der Waals surface area contributed by atoms with Gasteiger partial charge in [0.25, 0.3) is 0 Å². The normalized spacial score (nSPS) is 19.4. The molecule has 1 atom stereocenters. The number of amides is 3. The van der Waals surface area contributed by atoms with Crippen LogP contribution in [0.5, 0.6) is 0 Å². The number of nitrogens with one attached hydrogen (secondary N) is 2. The molecule has 3 aromatic rings. The summed E-state index contributed by atoms with van der Waals surface area (Å²) in [5, 5.41) is 7.09. The second-order valence-corrected chi connectivity index (χ2v) is 14.4. The Kier molecular flexibility index (Phi) is 11.1. The fourth-order valence-electron chi connectivity index (χ4n) is 7.91. The summed E-state index contributed by atoms with van der Waals surface area (Å²) in [6, 6.07) is 7.65. The molecule has 3 aliphatic heterocycles. The van der Waals surface area contributed by atoms with Crippen LogP contribution >= 0.6 is 0 Å². The Balaban J connectivity index is 1.18. The van der Waals surface area contributed by atoms with Crippen molar-refractivity contribution in [2.45, 2.75) is 69.4 Å². The van der Waals surface area contributed by atoms with E-state index in [9.17, 15) is 40.7 Å². The number of piperidine rings is 3. The Bertz CT molecular complexity index is 1770. The molecule has 4 heterocycles. The van der Waals surface area contributed by atoms with Gasteiger partial charge in [-0.05, 0) is 88.2 Å². The fraction of sp³-hybridized carbons (Fsp3) is 0.556. The zero-order valence-electron chi connectivity index (χ0n) is 29.3. The van der Waals surface area contributed by atoms with E-state index >= 15 is 0 Å². The van der Waals surface area contributed by atoms with E-state index in [1.54, 1.807) is 4.90 Å². The van der Waals surface area contributed by atoms with Gasteiger partial charge >= 0.3 is 24.1 Å². The number of alkyl halides is 6. The Morgan fingerprint density at radius 1 is 0.849 bits per heavy atom. The number of anilines is 1. The van der Waals surface area contributed by atoms with Gasteiger partial charge in [-0.2, -0.15) is 26.3 Å². The molecular formula is C36H44F6N8O3. The number of carbonyl (C=O) groups excluding carboxylic acids is 2. The number of carbonyl (C=O) groups is 2. The molecule has 0 saturated carbocycles. The number of hydrogen-bond donors (Lipinski definition) is 3. The van der Waals surface area contributed by atoms with E-state index in [4.69, 9.17) is 5.73 Å². The smallest absolute Gasteiger partial charge is 0.398 e. The minimum Gasteiger partial charge on any atom is -0.398 e. The lowest BCUT2D eigenvalue weighted by Crippen LogP contribution is -2.55. The monoisotopic (exact) mass is 750 g/mol. The van der Waals surface area contributed by atoms with Crippen LogP contribution in [-0.4, -0.2) is 93.8 Å². The molecule has 0 radical (unpaired) electrons. The molecule has 53 heavy (non-hydrogen) atoms. The van der Waals surface area contributed by atoms with Crippen LogP contribution in [0.2, 0.25) is 0 Å². The first kappa shape index (κ1) is 38.2. The number of nitrogen functional groups attached to an aromatic ring is 1. The van der Waals surface area contributed by atoms with Gasteiger partial charge in [0.05, 0.1) is 22.9 Å². The topological polar surface area (TPSA) is 133 Å². The molecule has 11 nitrogen and oxygen atoms in total. The molecular weight excluding hydrogens is 706 g/mol. The number of hydrogen-bond acceptors (Lipinski definition) is 6. The third-order valence-corrected chi connectivity index (χ3v) is 11.0. The van der Waals surface area contributed by atoms with Gasteiger partial charge in [-0.15, -0.1) is 5.10 Å². The van der Waals surface area contributed by atoms with Crippen molar-refractivity contribution >= 4 is 17.6 Å². The summed E-state index contributed by atoms with van der Waals surface area (Å²) >= 11 is 0. The van der Waals surface area contributed by atoms with Crippen molar-refractivity contribution in [1.82, 2.24) is 34.8 Å². The van der Waals surface area contributed by atoms with Crippen LogP contribution in [0.3, 0.4) is 0 Å². The average molecular weight is 751 g/mol. The number of rotatable bonds is 7. The summed E-state index contributed by atoms with van der Waals surface area (Å²) in [5.41, 5.74) is 0.471.